The van der Waals surface area contributed by atoms with Crippen molar-refractivity contribution >= 4 is 10.0 Å². The minimum atomic E-state index is -3.34. The van der Waals surface area contributed by atoms with Crippen molar-refractivity contribution in [3.05, 3.63) is 54.0 Å². The standard InChI is InChI=1S/C18H23N3O3S/c1-14-3-2-4-15(11-14)13-25(22,23)21-16-5-7-17(8-6-16)24-18-12-19-9-10-20-18/h2-4,9-12,16-17,21H,5-8,13H2,1H3. The average molecular weight is 361 g/mol. The summed E-state index contributed by atoms with van der Waals surface area (Å²) in [6.07, 6.45) is 7.98. The molecule has 134 valence electrons. The molecule has 0 atom stereocenters. The lowest BCUT2D eigenvalue weighted by molar-refractivity contribution is 0.138. The van der Waals surface area contributed by atoms with Gasteiger partial charge in [0.2, 0.25) is 15.9 Å². The number of benzene rings is 1. The fourth-order valence-electron chi connectivity index (χ4n) is 3.13. The van der Waals surface area contributed by atoms with Gasteiger partial charge in [-0.15, -0.1) is 0 Å². The Bertz CT molecular complexity index is 788. The summed E-state index contributed by atoms with van der Waals surface area (Å²) in [5.41, 5.74) is 1.88. The number of rotatable bonds is 6. The zero-order valence-electron chi connectivity index (χ0n) is 14.3. The monoisotopic (exact) mass is 361 g/mol. The van der Waals surface area contributed by atoms with Crippen LogP contribution in [0.4, 0.5) is 0 Å². The summed E-state index contributed by atoms with van der Waals surface area (Å²) in [6, 6.07) is 7.57. The molecule has 0 aliphatic heterocycles. The van der Waals surface area contributed by atoms with E-state index in [-0.39, 0.29) is 17.9 Å². The van der Waals surface area contributed by atoms with Gasteiger partial charge in [-0.3, -0.25) is 4.98 Å². The molecule has 1 heterocycles. The number of aryl methyl sites for hydroxylation is 1. The number of nitrogens with zero attached hydrogens (tertiary/aromatic N) is 2. The molecular weight excluding hydrogens is 338 g/mol. The Kier molecular flexibility index (Phi) is 5.65. The van der Waals surface area contributed by atoms with Gasteiger partial charge in [-0.25, -0.2) is 18.1 Å². The third-order valence-electron chi connectivity index (χ3n) is 4.29. The van der Waals surface area contributed by atoms with Gasteiger partial charge in [0.1, 0.15) is 6.10 Å². The first-order chi connectivity index (χ1) is 12.0. The summed E-state index contributed by atoms with van der Waals surface area (Å²) in [5, 5.41) is 0. The van der Waals surface area contributed by atoms with Crippen LogP contribution in [0, 0.1) is 6.92 Å². The highest BCUT2D eigenvalue weighted by molar-refractivity contribution is 7.88. The maximum atomic E-state index is 12.4. The van der Waals surface area contributed by atoms with Crippen LogP contribution in [0.2, 0.25) is 0 Å². The normalized spacial score (nSPS) is 21.0. The van der Waals surface area contributed by atoms with E-state index in [0.29, 0.717) is 5.88 Å². The van der Waals surface area contributed by atoms with Crippen LogP contribution in [0.15, 0.2) is 42.9 Å². The Balaban J connectivity index is 1.49. The number of hydrogen-bond acceptors (Lipinski definition) is 5. The van der Waals surface area contributed by atoms with Gasteiger partial charge in [0, 0.05) is 18.4 Å². The van der Waals surface area contributed by atoms with Crippen molar-refractivity contribution in [1.82, 2.24) is 14.7 Å². The molecule has 0 radical (unpaired) electrons. The molecule has 1 aliphatic rings. The summed E-state index contributed by atoms with van der Waals surface area (Å²) in [4.78, 5) is 8.09. The van der Waals surface area contributed by atoms with Crippen LogP contribution in [-0.2, 0) is 15.8 Å². The Morgan fingerprint density at radius 2 is 2.00 bits per heavy atom. The van der Waals surface area contributed by atoms with Crippen molar-refractivity contribution in [2.45, 2.75) is 50.5 Å². The topological polar surface area (TPSA) is 81.2 Å². The lowest BCUT2D eigenvalue weighted by atomic mass is 9.94. The molecule has 0 saturated heterocycles. The van der Waals surface area contributed by atoms with Gasteiger partial charge in [0.15, 0.2) is 0 Å². The minimum Gasteiger partial charge on any atom is -0.473 e. The summed E-state index contributed by atoms with van der Waals surface area (Å²) >= 11 is 0. The maximum absolute atomic E-state index is 12.4. The zero-order valence-corrected chi connectivity index (χ0v) is 15.1. The average Bonchev–Trinajstić information content (AvgIpc) is 2.57. The fraction of sp³-hybridized carbons (Fsp3) is 0.444. The summed E-state index contributed by atoms with van der Waals surface area (Å²) in [5.74, 6) is 0.538. The largest absolute Gasteiger partial charge is 0.473 e. The van der Waals surface area contributed by atoms with Crippen LogP contribution >= 0.6 is 0 Å². The van der Waals surface area contributed by atoms with Crippen LogP contribution < -0.4 is 9.46 Å². The second-order valence-electron chi connectivity index (χ2n) is 6.50. The first kappa shape index (κ1) is 17.8. The van der Waals surface area contributed by atoms with Crippen LogP contribution in [0.5, 0.6) is 5.88 Å². The Labute approximate surface area is 148 Å². The first-order valence-electron chi connectivity index (χ1n) is 8.48. The van der Waals surface area contributed by atoms with E-state index in [4.69, 9.17) is 4.74 Å². The SMILES string of the molecule is Cc1cccc(CS(=O)(=O)NC2CCC(Oc3cnccn3)CC2)c1. The Hall–Kier alpha value is -1.99. The van der Waals surface area contributed by atoms with E-state index in [1.165, 1.54) is 0 Å². The molecule has 1 saturated carbocycles. The van der Waals surface area contributed by atoms with E-state index in [2.05, 4.69) is 14.7 Å². The van der Waals surface area contributed by atoms with E-state index in [0.717, 1.165) is 36.8 Å². The van der Waals surface area contributed by atoms with Gasteiger partial charge in [-0.1, -0.05) is 29.8 Å². The molecule has 0 unspecified atom stereocenters. The fourth-order valence-corrected chi connectivity index (χ4v) is 4.58. The van der Waals surface area contributed by atoms with E-state index in [9.17, 15) is 8.42 Å². The summed E-state index contributed by atoms with van der Waals surface area (Å²) in [6.45, 7) is 1.96. The summed E-state index contributed by atoms with van der Waals surface area (Å²) < 4.78 is 33.4. The number of ether oxygens (including phenoxy) is 1. The van der Waals surface area contributed by atoms with Gasteiger partial charge in [0.05, 0.1) is 11.9 Å². The lowest BCUT2D eigenvalue weighted by Crippen LogP contribution is -2.40. The quantitative estimate of drug-likeness (QED) is 0.855. The molecule has 1 N–H and O–H groups in total. The zero-order chi connectivity index (χ0) is 17.7. The van der Waals surface area contributed by atoms with E-state index in [1.54, 1.807) is 18.6 Å². The second-order valence-corrected chi connectivity index (χ2v) is 8.25. The molecule has 3 rings (SSSR count). The molecule has 1 aromatic heterocycles. The van der Waals surface area contributed by atoms with Gasteiger partial charge in [0.25, 0.3) is 0 Å². The third kappa shape index (κ3) is 5.51. The molecule has 0 bridgehead atoms. The smallest absolute Gasteiger partial charge is 0.232 e. The minimum absolute atomic E-state index is 0.0186. The van der Waals surface area contributed by atoms with E-state index in [1.807, 2.05) is 31.2 Å². The maximum Gasteiger partial charge on any atom is 0.232 e. The van der Waals surface area contributed by atoms with Crippen LogP contribution in [0.25, 0.3) is 0 Å². The number of aromatic nitrogens is 2. The number of nitrogens with one attached hydrogen (secondary N) is 1. The van der Waals surface area contributed by atoms with Crippen LogP contribution in [0.3, 0.4) is 0 Å². The van der Waals surface area contributed by atoms with Gasteiger partial charge in [-0.05, 0) is 38.2 Å². The van der Waals surface area contributed by atoms with Crippen LogP contribution in [0.1, 0.15) is 36.8 Å². The highest BCUT2D eigenvalue weighted by Gasteiger charge is 2.26. The highest BCUT2D eigenvalue weighted by Crippen LogP contribution is 2.23. The van der Waals surface area contributed by atoms with Crippen molar-refractivity contribution in [2.24, 2.45) is 0 Å². The third-order valence-corrected chi connectivity index (χ3v) is 5.69. The second kappa shape index (κ2) is 7.93. The lowest BCUT2D eigenvalue weighted by Gasteiger charge is -2.28. The highest BCUT2D eigenvalue weighted by atomic mass is 32.2. The van der Waals surface area contributed by atoms with Crippen molar-refractivity contribution in [3.63, 3.8) is 0 Å². The molecule has 0 amide bonds. The predicted molar refractivity (Wildman–Crippen MR) is 95.6 cm³/mol. The molecule has 1 aliphatic carbocycles. The van der Waals surface area contributed by atoms with Crippen molar-refractivity contribution in [3.8, 4) is 5.88 Å². The van der Waals surface area contributed by atoms with Crippen molar-refractivity contribution in [2.75, 3.05) is 0 Å². The Morgan fingerprint density at radius 1 is 1.20 bits per heavy atom. The molecule has 25 heavy (non-hydrogen) atoms. The first-order valence-corrected chi connectivity index (χ1v) is 10.1. The van der Waals surface area contributed by atoms with Gasteiger partial charge < -0.3 is 4.74 Å². The summed E-state index contributed by atoms with van der Waals surface area (Å²) in [7, 11) is -3.34. The molecule has 1 fully saturated rings. The predicted octanol–water partition coefficient (Wildman–Crippen LogP) is 2.59. The number of hydrogen-bond donors (Lipinski definition) is 1. The molecular formula is C18H23N3O3S. The Morgan fingerprint density at radius 3 is 2.68 bits per heavy atom. The van der Waals surface area contributed by atoms with Crippen LogP contribution in [-0.4, -0.2) is 30.5 Å². The van der Waals surface area contributed by atoms with E-state index < -0.39 is 10.0 Å². The molecule has 2 aromatic rings. The van der Waals surface area contributed by atoms with E-state index >= 15 is 0 Å². The molecule has 6 nitrogen and oxygen atoms in total. The van der Waals surface area contributed by atoms with Crippen molar-refractivity contribution in [1.29, 1.82) is 0 Å². The molecule has 1 aromatic carbocycles. The van der Waals surface area contributed by atoms with Gasteiger partial charge >= 0.3 is 0 Å². The molecule has 7 heteroatoms. The van der Waals surface area contributed by atoms with Crippen molar-refractivity contribution < 1.29 is 13.2 Å². The van der Waals surface area contributed by atoms with Gasteiger partial charge in [-0.2, -0.15) is 0 Å². The molecule has 0 spiro atoms. The number of sulfonamides is 1.